The summed E-state index contributed by atoms with van der Waals surface area (Å²) in [6, 6.07) is 6.17. The summed E-state index contributed by atoms with van der Waals surface area (Å²) in [4.78, 5) is 22.1. The summed E-state index contributed by atoms with van der Waals surface area (Å²) < 4.78 is 10.00. The van der Waals surface area contributed by atoms with Crippen molar-refractivity contribution < 1.29 is 9.21 Å². The van der Waals surface area contributed by atoms with Crippen LogP contribution in [-0.2, 0) is 11.3 Å². The first-order valence-electron chi connectivity index (χ1n) is 11.9. The van der Waals surface area contributed by atoms with Gasteiger partial charge in [-0.05, 0) is 30.5 Å². The third-order valence-electron chi connectivity index (χ3n) is 6.77. The molecule has 1 aliphatic heterocycles. The highest BCUT2D eigenvalue weighted by Gasteiger charge is 2.23. The van der Waals surface area contributed by atoms with Crippen LogP contribution >= 0.6 is 0 Å². The minimum Gasteiger partial charge on any atom is -0.452 e. The predicted octanol–water partition coefficient (Wildman–Crippen LogP) is 3.76. The number of hydrogen-bond donors (Lipinski definition) is 1. The zero-order valence-corrected chi connectivity index (χ0v) is 19.9. The van der Waals surface area contributed by atoms with Crippen molar-refractivity contribution in [1.29, 1.82) is 0 Å². The van der Waals surface area contributed by atoms with Crippen LogP contribution in [0.3, 0.4) is 0 Å². The molecule has 10 nitrogen and oxygen atoms in total. The molecule has 0 saturated carbocycles. The average molecular weight is 483 g/mol. The summed E-state index contributed by atoms with van der Waals surface area (Å²) in [5, 5.41) is 9.98. The second kappa shape index (κ2) is 8.95. The van der Waals surface area contributed by atoms with Gasteiger partial charge < -0.3 is 15.1 Å². The Hall–Kier alpha value is -4.47. The van der Waals surface area contributed by atoms with Gasteiger partial charge in [0.05, 0.1) is 30.5 Å². The van der Waals surface area contributed by atoms with Crippen LogP contribution in [0.4, 0.5) is 5.82 Å². The van der Waals surface area contributed by atoms with Gasteiger partial charge in [-0.15, -0.1) is 0 Å². The standard InChI is InChI=1S/C26H26N8O2/c1-17(35)32-7-4-21(5-8-32)34-16-19(11-31-34)23-13-29-26(27)25-22(23)9-24(36-25)20-12-30-33(15-20)14-18-3-2-6-28-10-18/h2-3,6,9-13,15-16,21H,4-5,7-8,14H2,1H3,(H2,27,29). The molecule has 0 bridgehead atoms. The van der Waals surface area contributed by atoms with Crippen molar-refractivity contribution in [2.45, 2.75) is 32.4 Å². The van der Waals surface area contributed by atoms with Gasteiger partial charge in [-0.3, -0.25) is 19.1 Å². The molecule has 0 unspecified atom stereocenters. The minimum atomic E-state index is 0.128. The minimum absolute atomic E-state index is 0.128. The molecule has 1 aliphatic rings. The van der Waals surface area contributed by atoms with Crippen LogP contribution in [0.25, 0.3) is 33.4 Å². The molecule has 0 atom stereocenters. The van der Waals surface area contributed by atoms with Gasteiger partial charge in [-0.25, -0.2) is 4.98 Å². The van der Waals surface area contributed by atoms with E-state index in [1.54, 1.807) is 25.5 Å². The molecule has 1 amide bonds. The molecule has 1 fully saturated rings. The van der Waals surface area contributed by atoms with Gasteiger partial charge in [0.1, 0.15) is 5.76 Å². The Labute approximate surface area is 207 Å². The van der Waals surface area contributed by atoms with Crippen LogP contribution in [0.15, 0.2) is 66.0 Å². The van der Waals surface area contributed by atoms with Crippen molar-refractivity contribution in [2.75, 3.05) is 18.8 Å². The predicted molar refractivity (Wildman–Crippen MR) is 135 cm³/mol. The van der Waals surface area contributed by atoms with Crippen LogP contribution in [0, 0.1) is 0 Å². The van der Waals surface area contributed by atoms with E-state index in [-0.39, 0.29) is 11.9 Å². The summed E-state index contributed by atoms with van der Waals surface area (Å²) in [5.74, 6) is 1.14. The first kappa shape index (κ1) is 22.0. The van der Waals surface area contributed by atoms with Crippen LogP contribution in [0.1, 0.15) is 31.4 Å². The summed E-state index contributed by atoms with van der Waals surface area (Å²) in [5.41, 5.74) is 10.5. The van der Waals surface area contributed by atoms with E-state index >= 15 is 0 Å². The highest BCUT2D eigenvalue weighted by Crippen LogP contribution is 2.37. The number of amides is 1. The molecule has 0 aliphatic carbocycles. The number of aromatic nitrogens is 6. The molecule has 0 aromatic carbocycles. The lowest BCUT2D eigenvalue weighted by Gasteiger charge is -2.31. The van der Waals surface area contributed by atoms with Gasteiger partial charge in [0.15, 0.2) is 11.4 Å². The maximum atomic E-state index is 11.6. The third-order valence-corrected chi connectivity index (χ3v) is 6.77. The number of nitrogens with two attached hydrogens (primary N) is 1. The summed E-state index contributed by atoms with van der Waals surface area (Å²) in [7, 11) is 0. The fraction of sp³-hybridized carbons (Fsp3) is 0.269. The van der Waals surface area contributed by atoms with Crippen LogP contribution in [-0.4, -0.2) is 53.4 Å². The van der Waals surface area contributed by atoms with Gasteiger partial charge in [-0.1, -0.05) is 6.07 Å². The van der Waals surface area contributed by atoms with Gasteiger partial charge >= 0.3 is 0 Å². The number of piperidine rings is 1. The SMILES string of the molecule is CC(=O)N1CCC(n2cc(-c3cnc(N)c4oc(-c5cnn(Cc6cccnc6)c5)cc34)cn2)CC1. The smallest absolute Gasteiger partial charge is 0.219 e. The van der Waals surface area contributed by atoms with Crippen LogP contribution < -0.4 is 5.73 Å². The Balaban J connectivity index is 1.28. The Morgan fingerprint density at radius 2 is 1.94 bits per heavy atom. The zero-order chi connectivity index (χ0) is 24.6. The Kier molecular flexibility index (Phi) is 5.48. The lowest BCUT2D eigenvalue weighted by Crippen LogP contribution is -2.37. The number of nitrogens with zero attached hydrogens (tertiary/aromatic N) is 7. The molecule has 5 aromatic heterocycles. The van der Waals surface area contributed by atoms with Crippen molar-refractivity contribution in [1.82, 2.24) is 34.4 Å². The Morgan fingerprint density at radius 3 is 2.72 bits per heavy atom. The van der Waals surface area contributed by atoms with E-state index < -0.39 is 0 Å². The molecular weight excluding hydrogens is 456 g/mol. The maximum absolute atomic E-state index is 11.6. The second-order valence-corrected chi connectivity index (χ2v) is 9.14. The molecule has 1 saturated heterocycles. The number of carbonyl (C=O) groups excluding carboxylic acids is 1. The molecule has 0 radical (unpaired) electrons. The molecule has 6 heterocycles. The molecule has 10 heteroatoms. The van der Waals surface area contributed by atoms with E-state index in [9.17, 15) is 4.79 Å². The number of hydrogen-bond acceptors (Lipinski definition) is 7. The van der Waals surface area contributed by atoms with Gasteiger partial charge in [0.2, 0.25) is 5.91 Å². The van der Waals surface area contributed by atoms with Crippen molar-refractivity contribution >= 4 is 22.7 Å². The van der Waals surface area contributed by atoms with Crippen molar-refractivity contribution in [3.05, 3.63) is 67.1 Å². The van der Waals surface area contributed by atoms with Gasteiger partial charge in [0, 0.05) is 67.5 Å². The fourth-order valence-corrected chi connectivity index (χ4v) is 4.79. The number of rotatable bonds is 5. The monoisotopic (exact) mass is 482 g/mol. The molecular formula is C26H26N8O2. The van der Waals surface area contributed by atoms with Crippen molar-refractivity contribution in [3.8, 4) is 22.5 Å². The number of fused-ring (bicyclic) bond motifs is 1. The third kappa shape index (κ3) is 4.10. The van der Waals surface area contributed by atoms with Crippen molar-refractivity contribution in [3.63, 3.8) is 0 Å². The zero-order valence-electron chi connectivity index (χ0n) is 19.9. The maximum Gasteiger partial charge on any atom is 0.219 e. The number of likely N-dealkylation sites (tertiary alicyclic amines) is 1. The van der Waals surface area contributed by atoms with Gasteiger partial charge in [0.25, 0.3) is 0 Å². The summed E-state index contributed by atoms with van der Waals surface area (Å²) in [6.45, 7) is 3.75. The first-order chi connectivity index (χ1) is 17.5. The molecule has 5 aromatic rings. The lowest BCUT2D eigenvalue weighted by atomic mass is 10.0. The Morgan fingerprint density at radius 1 is 1.11 bits per heavy atom. The molecule has 2 N–H and O–H groups in total. The van der Waals surface area contributed by atoms with Crippen LogP contribution in [0.5, 0.6) is 0 Å². The summed E-state index contributed by atoms with van der Waals surface area (Å²) in [6.07, 6.45) is 14.7. The van der Waals surface area contributed by atoms with E-state index in [2.05, 4.69) is 20.2 Å². The normalized spacial score (nSPS) is 14.5. The highest BCUT2D eigenvalue weighted by atomic mass is 16.3. The second-order valence-electron chi connectivity index (χ2n) is 9.14. The van der Waals surface area contributed by atoms with E-state index in [1.165, 1.54) is 0 Å². The molecule has 6 rings (SSSR count). The number of anilines is 1. The molecule has 36 heavy (non-hydrogen) atoms. The quantitative estimate of drug-likeness (QED) is 0.405. The number of carbonyl (C=O) groups is 1. The largest absolute Gasteiger partial charge is 0.452 e. The van der Waals surface area contributed by atoms with Gasteiger partial charge in [-0.2, -0.15) is 10.2 Å². The van der Waals surface area contributed by atoms with E-state index in [1.807, 2.05) is 57.2 Å². The van der Waals surface area contributed by atoms with E-state index in [0.29, 0.717) is 23.7 Å². The molecule has 182 valence electrons. The number of furan rings is 1. The van der Waals surface area contributed by atoms with Crippen molar-refractivity contribution in [2.24, 2.45) is 0 Å². The fourth-order valence-electron chi connectivity index (χ4n) is 4.79. The van der Waals surface area contributed by atoms with E-state index in [4.69, 9.17) is 10.2 Å². The van der Waals surface area contributed by atoms with E-state index in [0.717, 1.165) is 53.6 Å². The lowest BCUT2D eigenvalue weighted by molar-refractivity contribution is -0.130. The average Bonchev–Trinajstić information content (AvgIpc) is 3.65. The first-order valence-corrected chi connectivity index (χ1v) is 11.9. The highest BCUT2D eigenvalue weighted by molar-refractivity contribution is 6.00. The topological polar surface area (TPSA) is 121 Å². The Bertz CT molecular complexity index is 1530. The number of nitrogen functional groups attached to an aromatic ring is 1. The molecule has 0 spiro atoms. The van der Waals surface area contributed by atoms with Crippen LogP contribution in [0.2, 0.25) is 0 Å². The number of pyridine rings is 2. The summed E-state index contributed by atoms with van der Waals surface area (Å²) >= 11 is 0.